The van der Waals surface area contributed by atoms with E-state index in [1.54, 1.807) is 0 Å². The molecule has 0 N–H and O–H groups in total. The van der Waals surface area contributed by atoms with E-state index in [2.05, 4.69) is 105 Å². The van der Waals surface area contributed by atoms with E-state index in [-0.39, 0.29) is 20.4 Å². The quantitative estimate of drug-likeness (QED) is 0.0276. The Hall–Kier alpha value is -1.82. The molecular weight excluding hydrogens is 903 g/mol. The first-order valence-electron chi connectivity index (χ1n) is 29.2. The van der Waals surface area contributed by atoms with E-state index >= 15 is 0 Å². The first-order valence-corrected chi connectivity index (χ1v) is 29.2. The Bertz CT molecular complexity index is 1420. The van der Waals surface area contributed by atoms with Crippen molar-refractivity contribution < 1.29 is 25.1 Å². The normalized spacial score (nSPS) is 12.1. The average molecular weight is 1010 g/mol. The van der Waals surface area contributed by atoms with Gasteiger partial charge in [0.05, 0.1) is 0 Å². The van der Waals surface area contributed by atoms with Crippen molar-refractivity contribution in [2.75, 3.05) is 0 Å². The van der Waals surface area contributed by atoms with Gasteiger partial charge in [0.1, 0.15) is 0 Å². The van der Waals surface area contributed by atoms with Crippen molar-refractivity contribution in [2.45, 2.75) is 299 Å². The third kappa shape index (κ3) is 31.9. The minimum absolute atomic E-state index is 0. The number of rotatable bonds is 39. The van der Waals surface area contributed by atoms with Crippen LogP contribution in [-0.2, 0) is 46.1 Å². The van der Waals surface area contributed by atoms with Gasteiger partial charge in [-0.15, -0.1) is 0 Å². The van der Waals surface area contributed by atoms with Crippen LogP contribution < -0.4 is 0 Å². The number of nitrogens with zero attached hydrogens (tertiary/aromatic N) is 2. The largest absolute Gasteiger partial charge is 2.00 e. The summed E-state index contributed by atoms with van der Waals surface area (Å²) in [4.78, 5) is 0. The third-order valence-corrected chi connectivity index (χ3v) is 13.5. The van der Waals surface area contributed by atoms with Gasteiger partial charge in [-0.1, -0.05) is 234 Å². The molecule has 1 aliphatic rings. The summed E-state index contributed by atoms with van der Waals surface area (Å²) in [6.07, 6.45) is 53.3. The van der Waals surface area contributed by atoms with E-state index in [0.717, 1.165) is 74.7 Å². The van der Waals surface area contributed by atoms with Crippen LogP contribution in [0.4, 0.5) is 0 Å². The second-order valence-electron chi connectivity index (χ2n) is 20.1. The fourth-order valence-electron chi connectivity index (χ4n) is 9.21. The monoisotopic (exact) mass is 1010 g/mol. The van der Waals surface area contributed by atoms with Gasteiger partial charge in [-0.2, -0.15) is 12.8 Å². The molecule has 67 heavy (non-hydrogen) atoms. The number of hydrogen-bond donors (Lipinski definition) is 0. The fourth-order valence-corrected chi connectivity index (χ4v) is 9.21. The van der Waals surface area contributed by atoms with Crippen molar-refractivity contribution in [3.05, 3.63) is 101 Å². The molecule has 0 radical (unpaired) electrons. The van der Waals surface area contributed by atoms with Gasteiger partial charge in [0.15, 0.2) is 0 Å². The molecule has 1 heterocycles. The molecule has 0 amide bonds. The Morgan fingerprint density at radius 3 is 0.910 bits per heavy atom. The molecule has 1 aliphatic heterocycles. The van der Waals surface area contributed by atoms with Gasteiger partial charge in [0, 0.05) is 22.8 Å². The first-order chi connectivity index (χ1) is 32.4. The third-order valence-electron chi connectivity index (χ3n) is 13.5. The van der Waals surface area contributed by atoms with Crippen molar-refractivity contribution >= 4 is 11.4 Å². The molecule has 0 unspecified atom stereocenters. The SMILES string of the molecule is CCCCC1=C(c2cc(CCCC)cc(CCCC)c2)[N+](=[N-])C(c2cc(CCCC)cc(CCCC)c2)=C1.[CH2-]CCCCCCCCCCCCC.[CH2-]CCCCCCCCCCCCC.[Pd+2]. The van der Waals surface area contributed by atoms with Gasteiger partial charge >= 0.3 is 20.4 Å². The molecule has 0 aliphatic carbocycles. The first kappa shape index (κ1) is 65.2. The van der Waals surface area contributed by atoms with Crippen LogP contribution in [0.25, 0.3) is 16.9 Å². The smallest absolute Gasteiger partial charge is 0.493 e. The van der Waals surface area contributed by atoms with Gasteiger partial charge in [0.25, 0.3) is 0 Å². The summed E-state index contributed by atoms with van der Waals surface area (Å²) in [5.74, 6) is 0. The molecule has 3 heteroatoms. The van der Waals surface area contributed by atoms with E-state index in [1.165, 1.54) is 231 Å². The van der Waals surface area contributed by atoms with Crippen LogP contribution in [0.1, 0.15) is 307 Å². The Labute approximate surface area is 433 Å². The van der Waals surface area contributed by atoms with E-state index in [4.69, 9.17) is 0 Å². The molecule has 386 valence electrons. The minimum atomic E-state index is 0. The number of allylic oxidation sites excluding steroid dienone is 2. The number of hydrogen-bond acceptors (Lipinski definition) is 0. The zero-order chi connectivity index (χ0) is 48.3. The molecule has 0 bridgehead atoms. The molecule has 2 aromatic rings. The van der Waals surface area contributed by atoms with Crippen LogP contribution in [0, 0.1) is 13.8 Å². The summed E-state index contributed by atoms with van der Waals surface area (Å²) in [5, 5.41) is 0. The maximum atomic E-state index is 11.8. The molecule has 0 saturated heterocycles. The summed E-state index contributed by atoms with van der Waals surface area (Å²) in [5.41, 5.74) is 23.0. The van der Waals surface area contributed by atoms with Gasteiger partial charge in [-0.05, 0) is 111 Å². The predicted octanol–water partition coefficient (Wildman–Crippen LogP) is 22.1. The van der Waals surface area contributed by atoms with Gasteiger partial charge in [-0.3, -0.25) is 0 Å². The summed E-state index contributed by atoms with van der Waals surface area (Å²) in [7, 11) is 0. The van der Waals surface area contributed by atoms with Crippen LogP contribution in [0.5, 0.6) is 0 Å². The topological polar surface area (TPSA) is 25.3 Å². The Morgan fingerprint density at radius 1 is 0.343 bits per heavy atom. The summed E-state index contributed by atoms with van der Waals surface area (Å²) >= 11 is 0. The van der Waals surface area contributed by atoms with Crippen LogP contribution >= 0.6 is 0 Å². The molecule has 0 fully saturated rings. The Morgan fingerprint density at radius 2 is 0.612 bits per heavy atom. The molecule has 2 nitrogen and oxygen atoms in total. The van der Waals surface area contributed by atoms with Crippen LogP contribution in [0.15, 0.2) is 48.0 Å². The molecule has 0 atom stereocenters. The van der Waals surface area contributed by atoms with Crippen LogP contribution in [0.3, 0.4) is 0 Å². The summed E-state index contributed by atoms with van der Waals surface area (Å²) in [6, 6.07) is 14.1. The van der Waals surface area contributed by atoms with E-state index in [9.17, 15) is 5.53 Å². The van der Waals surface area contributed by atoms with Crippen molar-refractivity contribution in [3.63, 3.8) is 0 Å². The van der Waals surface area contributed by atoms with E-state index in [1.807, 2.05) is 0 Å². The Kier molecular flexibility index (Phi) is 45.3. The fraction of sp³-hybridized carbons (Fsp3) is 0.719. The molecular formula is C64H110N2Pd. The number of unbranched alkanes of at least 4 members (excludes halogenated alkanes) is 27. The summed E-state index contributed by atoms with van der Waals surface area (Å²) in [6.45, 7) is 23.6. The van der Waals surface area contributed by atoms with E-state index < -0.39 is 0 Å². The molecule has 3 rings (SSSR count). The van der Waals surface area contributed by atoms with Crippen LogP contribution in [-0.4, -0.2) is 4.70 Å². The Balaban J connectivity index is 0.00000123. The zero-order valence-corrected chi connectivity index (χ0v) is 47.3. The van der Waals surface area contributed by atoms with Gasteiger partial charge < -0.3 is 19.4 Å². The van der Waals surface area contributed by atoms with Crippen molar-refractivity contribution in [1.29, 1.82) is 0 Å². The maximum absolute atomic E-state index is 11.8. The van der Waals surface area contributed by atoms with Crippen molar-refractivity contribution in [3.8, 4) is 0 Å². The maximum Gasteiger partial charge on any atom is 2.00 e. The van der Waals surface area contributed by atoms with Gasteiger partial charge in [-0.25, -0.2) is 4.70 Å². The summed E-state index contributed by atoms with van der Waals surface area (Å²) < 4.78 is 1.52. The average Bonchev–Trinajstić information content (AvgIpc) is 3.67. The van der Waals surface area contributed by atoms with Crippen LogP contribution in [0.2, 0.25) is 0 Å². The second kappa shape index (κ2) is 46.6. The molecule has 2 aromatic carbocycles. The second-order valence-corrected chi connectivity index (χ2v) is 20.1. The number of benzene rings is 2. The molecule has 0 spiro atoms. The molecule has 0 saturated carbocycles. The number of aryl methyl sites for hydroxylation is 4. The zero-order valence-electron chi connectivity index (χ0n) is 45.7. The minimum Gasteiger partial charge on any atom is -0.493 e. The van der Waals surface area contributed by atoms with Crippen molar-refractivity contribution in [1.82, 2.24) is 0 Å². The van der Waals surface area contributed by atoms with Crippen molar-refractivity contribution in [2.24, 2.45) is 0 Å². The predicted molar refractivity (Wildman–Crippen MR) is 298 cm³/mol. The standard InChI is InChI=1S/C36H52N2.2C14H29.Pd/c1-6-11-16-28-21-29(17-12-7-2)24-33(23-28)35-27-32(20-15-10-5)36(38(35)37)34-25-30(18-13-8-3)22-31(26-34)19-14-9-4;2*1-3-5-7-9-11-13-14-12-10-8-6-4-2;/h21-27H,6-20H2,1-5H3;2*1,3-14H2,2H3;/q;2*-1;+2. The molecule has 0 aromatic heterocycles. The van der Waals surface area contributed by atoms with E-state index in [0.29, 0.717) is 0 Å². The van der Waals surface area contributed by atoms with Gasteiger partial charge in [0.2, 0.25) is 11.4 Å².